The summed E-state index contributed by atoms with van der Waals surface area (Å²) in [5.74, 6) is -0.779. The Labute approximate surface area is 237 Å². The molecule has 1 aliphatic carbocycles. The van der Waals surface area contributed by atoms with Crippen LogP contribution in [0.4, 0.5) is 0 Å². The lowest BCUT2D eigenvalue weighted by Crippen LogP contribution is -2.70. The first-order chi connectivity index (χ1) is 19.4. The van der Waals surface area contributed by atoms with Crippen molar-refractivity contribution in [2.24, 2.45) is 34.4 Å². The highest BCUT2D eigenvalue weighted by Gasteiger charge is 2.51. The molecule has 1 saturated carbocycles. The zero-order valence-electron chi connectivity index (χ0n) is 22.9. The molecule has 3 rings (SSSR count). The molecule has 2 aliphatic heterocycles. The molecule has 240 valence electrons. The second-order valence-corrected chi connectivity index (χ2v) is 10.8. The summed E-state index contributed by atoms with van der Waals surface area (Å²) in [6.07, 6.45) is -12.4. The van der Waals surface area contributed by atoms with E-state index in [1.807, 2.05) is 0 Å². The van der Waals surface area contributed by atoms with Gasteiger partial charge < -0.3 is 84.2 Å². The minimum absolute atomic E-state index is 0.0000245. The number of ether oxygens (including phenoxy) is 4. The molecule has 6 unspecified atom stereocenters. The fourth-order valence-electron chi connectivity index (χ4n) is 5.41. The SMILES string of the molecule is NCC[C@H](O)C(=O)N[C@@H]1C[C@H](N)C(O[C@@H]2OC(CN)CCC2N)C(O)[C@@H]1O[C@@H]1OC(CO)[C@H](O)[C@H](NC(N)N)C1O. The second kappa shape index (κ2) is 15.5. The van der Waals surface area contributed by atoms with Crippen LogP contribution < -0.4 is 45.0 Å². The normalized spacial score (nSPS) is 42.7. The van der Waals surface area contributed by atoms with Gasteiger partial charge in [-0.3, -0.25) is 10.1 Å². The molecule has 18 heteroatoms. The van der Waals surface area contributed by atoms with Crippen LogP contribution in [0, 0.1) is 0 Å². The largest absolute Gasteiger partial charge is 0.394 e. The van der Waals surface area contributed by atoms with Gasteiger partial charge in [-0.2, -0.15) is 0 Å². The number of rotatable bonds is 12. The molecule has 3 aliphatic rings. The number of aliphatic hydroxyl groups is 5. The Kier molecular flexibility index (Phi) is 13.0. The number of nitrogens with two attached hydrogens (primary N) is 6. The Balaban J connectivity index is 1.86. The van der Waals surface area contributed by atoms with Gasteiger partial charge in [-0.15, -0.1) is 0 Å². The number of amides is 1. The van der Waals surface area contributed by atoms with E-state index >= 15 is 0 Å². The van der Waals surface area contributed by atoms with Crippen LogP contribution in [0.3, 0.4) is 0 Å². The topological polar surface area (TPSA) is 335 Å². The van der Waals surface area contributed by atoms with Gasteiger partial charge in [0.15, 0.2) is 12.6 Å². The molecular formula is C23H48N8O10. The van der Waals surface area contributed by atoms with Crippen molar-refractivity contribution in [3.63, 3.8) is 0 Å². The first-order valence-electron chi connectivity index (χ1n) is 13.9. The lowest BCUT2D eigenvalue weighted by atomic mass is 9.83. The minimum atomic E-state index is -1.59. The van der Waals surface area contributed by atoms with Gasteiger partial charge in [0.05, 0.1) is 30.8 Å². The van der Waals surface area contributed by atoms with Gasteiger partial charge >= 0.3 is 0 Å². The smallest absolute Gasteiger partial charge is 0.249 e. The summed E-state index contributed by atoms with van der Waals surface area (Å²) >= 11 is 0. The van der Waals surface area contributed by atoms with E-state index in [1.54, 1.807) is 0 Å². The number of aliphatic hydroxyl groups excluding tert-OH is 5. The monoisotopic (exact) mass is 596 g/mol. The van der Waals surface area contributed by atoms with E-state index in [4.69, 9.17) is 53.3 Å². The van der Waals surface area contributed by atoms with Crippen molar-refractivity contribution in [1.29, 1.82) is 0 Å². The molecule has 0 aromatic carbocycles. The summed E-state index contributed by atoms with van der Waals surface area (Å²) in [4.78, 5) is 12.7. The van der Waals surface area contributed by atoms with Crippen LogP contribution in [0.5, 0.6) is 0 Å². The Morgan fingerprint density at radius 2 is 1.63 bits per heavy atom. The number of hydrogen-bond donors (Lipinski definition) is 13. The average Bonchev–Trinajstić information content (AvgIpc) is 2.93. The van der Waals surface area contributed by atoms with Crippen LogP contribution in [0.1, 0.15) is 25.7 Å². The molecular weight excluding hydrogens is 548 g/mol. The lowest BCUT2D eigenvalue weighted by molar-refractivity contribution is -0.316. The highest BCUT2D eigenvalue weighted by atomic mass is 16.7. The number of hydrogen-bond acceptors (Lipinski definition) is 17. The van der Waals surface area contributed by atoms with Crippen molar-refractivity contribution in [3.05, 3.63) is 0 Å². The van der Waals surface area contributed by atoms with Crippen LogP contribution in [0.2, 0.25) is 0 Å². The highest BCUT2D eigenvalue weighted by Crippen LogP contribution is 2.32. The molecule has 41 heavy (non-hydrogen) atoms. The lowest BCUT2D eigenvalue weighted by Gasteiger charge is -2.49. The van der Waals surface area contributed by atoms with Gasteiger partial charge in [-0.1, -0.05) is 0 Å². The van der Waals surface area contributed by atoms with Crippen molar-refractivity contribution >= 4 is 5.91 Å². The molecule has 0 bridgehead atoms. The molecule has 0 spiro atoms. The first kappa shape index (κ1) is 34.3. The molecule has 3 fully saturated rings. The maximum atomic E-state index is 12.7. The van der Waals surface area contributed by atoms with Gasteiger partial charge in [0.1, 0.15) is 49.0 Å². The van der Waals surface area contributed by atoms with Crippen LogP contribution in [0.25, 0.3) is 0 Å². The summed E-state index contributed by atoms with van der Waals surface area (Å²) in [5.41, 5.74) is 35.0. The quantitative estimate of drug-likeness (QED) is 0.0930. The van der Waals surface area contributed by atoms with Gasteiger partial charge in [0.2, 0.25) is 5.91 Å². The van der Waals surface area contributed by atoms with E-state index in [0.717, 1.165) is 0 Å². The Bertz CT molecular complexity index is 820. The van der Waals surface area contributed by atoms with E-state index in [1.165, 1.54) is 0 Å². The maximum absolute atomic E-state index is 12.7. The van der Waals surface area contributed by atoms with Crippen molar-refractivity contribution in [1.82, 2.24) is 10.6 Å². The third-order valence-electron chi connectivity index (χ3n) is 7.70. The average molecular weight is 597 g/mol. The van der Waals surface area contributed by atoms with E-state index in [2.05, 4.69) is 10.6 Å². The van der Waals surface area contributed by atoms with E-state index in [0.29, 0.717) is 12.8 Å². The standard InChI is InChI=1S/C23H48N8O10/c24-4-3-12(33)20(37)30-11-5-10(27)18(40-21-9(26)2-1-8(6-25)38-21)17(36)19(11)41-22-16(35)14(31-23(28)29)15(34)13(7-32)39-22/h8-19,21-23,31-36H,1-7,24-29H2,(H,30,37)/t8?,9?,10-,11+,12-,13?,14-,15-,16?,17?,18?,19+,21-,22-/m0/s1. The molecule has 0 aromatic heterocycles. The molecule has 14 atom stereocenters. The Hall–Kier alpha value is -1.17. The van der Waals surface area contributed by atoms with Crippen LogP contribution in [0.15, 0.2) is 0 Å². The summed E-state index contributed by atoms with van der Waals surface area (Å²) in [5, 5.41) is 58.1. The number of nitrogens with one attached hydrogen (secondary N) is 2. The molecule has 0 radical (unpaired) electrons. The van der Waals surface area contributed by atoms with Crippen LogP contribution in [-0.4, -0.2) is 143 Å². The van der Waals surface area contributed by atoms with Crippen LogP contribution in [-0.2, 0) is 23.7 Å². The fraction of sp³-hybridized carbons (Fsp3) is 0.957. The minimum Gasteiger partial charge on any atom is -0.394 e. The van der Waals surface area contributed by atoms with Crippen molar-refractivity contribution in [2.75, 3.05) is 19.7 Å². The summed E-state index contributed by atoms with van der Waals surface area (Å²) in [7, 11) is 0. The van der Waals surface area contributed by atoms with Gasteiger partial charge in [0, 0.05) is 12.6 Å². The van der Waals surface area contributed by atoms with Gasteiger partial charge in [0.25, 0.3) is 0 Å². The fourth-order valence-corrected chi connectivity index (χ4v) is 5.41. The van der Waals surface area contributed by atoms with E-state index in [-0.39, 0.29) is 32.0 Å². The van der Waals surface area contributed by atoms with Crippen molar-refractivity contribution < 1.29 is 49.3 Å². The zero-order chi connectivity index (χ0) is 30.4. The summed E-state index contributed by atoms with van der Waals surface area (Å²) < 4.78 is 23.5. The molecule has 1 amide bonds. The molecule has 18 nitrogen and oxygen atoms in total. The third-order valence-corrected chi connectivity index (χ3v) is 7.70. The second-order valence-electron chi connectivity index (χ2n) is 10.8. The highest BCUT2D eigenvalue weighted by molar-refractivity contribution is 5.80. The molecule has 2 saturated heterocycles. The van der Waals surface area contributed by atoms with Crippen molar-refractivity contribution in [3.8, 4) is 0 Å². The third kappa shape index (κ3) is 8.48. The van der Waals surface area contributed by atoms with E-state index in [9.17, 15) is 30.3 Å². The predicted molar refractivity (Wildman–Crippen MR) is 142 cm³/mol. The maximum Gasteiger partial charge on any atom is 0.249 e. The summed E-state index contributed by atoms with van der Waals surface area (Å²) in [6.45, 7) is -0.360. The number of carbonyl (C=O) groups is 1. The molecule has 0 aromatic rings. The molecule has 19 N–H and O–H groups in total. The van der Waals surface area contributed by atoms with E-state index < -0.39 is 98.3 Å². The predicted octanol–water partition coefficient (Wildman–Crippen LogP) is -7.57. The summed E-state index contributed by atoms with van der Waals surface area (Å²) in [6, 6.07) is -3.58. The van der Waals surface area contributed by atoms with Crippen LogP contribution >= 0.6 is 0 Å². The Morgan fingerprint density at radius 3 is 2.24 bits per heavy atom. The molecule has 2 heterocycles. The number of carbonyl (C=O) groups excluding carboxylic acids is 1. The Morgan fingerprint density at radius 1 is 0.951 bits per heavy atom. The van der Waals surface area contributed by atoms with Crippen molar-refractivity contribution in [2.45, 2.75) is 118 Å². The zero-order valence-corrected chi connectivity index (χ0v) is 22.9. The first-order valence-corrected chi connectivity index (χ1v) is 13.9. The van der Waals surface area contributed by atoms with Gasteiger partial charge in [-0.05, 0) is 32.2 Å². The van der Waals surface area contributed by atoms with Gasteiger partial charge in [-0.25, -0.2) is 0 Å².